The van der Waals surface area contributed by atoms with E-state index in [1.54, 1.807) is 0 Å². The van der Waals surface area contributed by atoms with Gasteiger partial charge in [-0.25, -0.2) is 0 Å². The maximum Gasteiger partial charge on any atom is 0.125 e. The molecule has 0 aromatic heterocycles. The summed E-state index contributed by atoms with van der Waals surface area (Å²) < 4.78 is 5.77. The largest absolute Gasteiger partial charge is 0.493 e. The molecule has 0 aliphatic carbocycles. The van der Waals surface area contributed by atoms with Gasteiger partial charge in [-0.15, -0.1) is 0 Å². The van der Waals surface area contributed by atoms with E-state index in [4.69, 9.17) is 9.84 Å². The molecule has 0 radical (unpaired) electrons. The van der Waals surface area contributed by atoms with Crippen LogP contribution in [0.1, 0.15) is 29.5 Å². The van der Waals surface area contributed by atoms with Gasteiger partial charge in [0.1, 0.15) is 5.75 Å². The zero-order valence-corrected chi connectivity index (χ0v) is 11.0. The van der Waals surface area contributed by atoms with E-state index in [0.717, 1.165) is 25.1 Å². The Balaban J connectivity index is 2.65. The van der Waals surface area contributed by atoms with Gasteiger partial charge in [0, 0.05) is 13.2 Å². The standard InChI is InChI=1S/C14H23NO2/c1-11-8-13(10-15-3)9-12(2)14(11)17-7-5-4-6-16/h8-9,15-16H,4-7,10H2,1-3H3. The normalized spacial score (nSPS) is 10.6. The highest BCUT2D eigenvalue weighted by atomic mass is 16.5. The summed E-state index contributed by atoms with van der Waals surface area (Å²) in [6.45, 7) is 5.95. The lowest BCUT2D eigenvalue weighted by Crippen LogP contribution is -2.07. The summed E-state index contributed by atoms with van der Waals surface area (Å²) in [7, 11) is 1.95. The second kappa shape index (κ2) is 7.30. The fourth-order valence-electron chi connectivity index (χ4n) is 1.96. The van der Waals surface area contributed by atoms with E-state index < -0.39 is 0 Å². The molecule has 0 heterocycles. The van der Waals surface area contributed by atoms with Gasteiger partial charge in [0.2, 0.25) is 0 Å². The Morgan fingerprint density at radius 3 is 2.35 bits per heavy atom. The van der Waals surface area contributed by atoms with Crippen molar-refractivity contribution in [3.8, 4) is 5.75 Å². The van der Waals surface area contributed by atoms with Crippen LogP contribution >= 0.6 is 0 Å². The van der Waals surface area contributed by atoms with Gasteiger partial charge < -0.3 is 15.2 Å². The van der Waals surface area contributed by atoms with Crippen molar-refractivity contribution >= 4 is 0 Å². The molecule has 0 atom stereocenters. The van der Waals surface area contributed by atoms with Crippen LogP contribution in [0.4, 0.5) is 0 Å². The van der Waals surface area contributed by atoms with E-state index in [1.807, 2.05) is 7.05 Å². The second-order valence-corrected chi connectivity index (χ2v) is 4.37. The number of aliphatic hydroxyl groups excluding tert-OH is 1. The maximum absolute atomic E-state index is 8.71. The van der Waals surface area contributed by atoms with Crippen LogP contribution < -0.4 is 10.1 Å². The van der Waals surface area contributed by atoms with Crippen LogP contribution in [0.25, 0.3) is 0 Å². The third-order valence-electron chi connectivity index (χ3n) is 2.70. The molecular formula is C14H23NO2. The molecule has 1 rings (SSSR count). The monoisotopic (exact) mass is 237 g/mol. The highest BCUT2D eigenvalue weighted by Gasteiger charge is 2.06. The highest BCUT2D eigenvalue weighted by molar-refractivity contribution is 5.43. The molecule has 0 saturated carbocycles. The van der Waals surface area contributed by atoms with Crippen LogP contribution in [0.15, 0.2) is 12.1 Å². The maximum atomic E-state index is 8.71. The summed E-state index contributed by atoms with van der Waals surface area (Å²) in [4.78, 5) is 0. The van der Waals surface area contributed by atoms with E-state index >= 15 is 0 Å². The van der Waals surface area contributed by atoms with Crippen molar-refractivity contribution in [3.05, 3.63) is 28.8 Å². The number of nitrogens with one attached hydrogen (secondary N) is 1. The zero-order chi connectivity index (χ0) is 12.7. The zero-order valence-electron chi connectivity index (χ0n) is 11.0. The summed E-state index contributed by atoms with van der Waals surface area (Å²) in [6, 6.07) is 4.32. The molecule has 0 fully saturated rings. The lowest BCUT2D eigenvalue weighted by molar-refractivity contribution is 0.252. The molecular weight excluding hydrogens is 214 g/mol. The van der Waals surface area contributed by atoms with Gasteiger partial charge >= 0.3 is 0 Å². The Kier molecular flexibility index (Phi) is 6.01. The summed E-state index contributed by atoms with van der Waals surface area (Å²) >= 11 is 0. The van der Waals surface area contributed by atoms with Gasteiger partial charge in [0.05, 0.1) is 6.61 Å². The summed E-state index contributed by atoms with van der Waals surface area (Å²) in [5.74, 6) is 0.989. The van der Waals surface area contributed by atoms with Gasteiger partial charge in [0.15, 0.2) is 0 Å². The van der Waals surface area contributed by atoms with Crippen molar-refractivity contribution in [1.29, 1.82) is 0 Å². The number of hydrogen-bond donors (Lipinski definition) is 2. The molecule has 17 heavy (non-hydrogen) atoms. The minimum absolute atomic E-state index is 0.239. The Hall–Kier alpha value is -1.06. The van der Waals surface area contributed by atoms with Gasteiger partial charge in [-0.3, -0.25) is 0 Å². The molecule has 0 saturated heterocycles. The fourth-order valence-corrected chi connectivity index (χ4v) is 1.96. The third-order valence-corrected chi connectivity index (χ3v) is 2.70. The van der Waals surface area contributed by atoms with Crippen molar-refractivity contribution < 1.29 is 9.84 Å². The smallest absolute Gasteiger partial charge is 0.125 e. The summed E-state index contributed by atoms with van der Waals surface area (Å²) in [5, 5.41) is 11.9. The van der Waals surface area contributed by atoms with E-state index in [0.29, 0.717) is 6.61 Å². The number of benzene rings is 1. The molecule has 0 unspecified atom stereocenters. The summed E-state index contributed by atoms with van der Waals surface area (Å²) in [5.41, 5.74) is 3.64. The van der Waals surface area contributed by atoms with Gasteiger partial charge in [-0.05, 0) is 50.4 Å². The first-order valence-corrected chi connectivity index (χ1v) is 6.17. The van der Waals surface area contributed by atoms with Crippen molar-refractivity contribution in [2.75, 3.05) is 20.3 Å². The molecule has 0 amide bonds. The average molecular weight is 237 g/mol. The van der Waals surface area contributed by atoms with Crippen molar-refractivity contribution in [2.24, 2.45) is 0 Å². The van der Waals surface area contributed by atoms with Crippen molar-refractivity contribution in [2.45, 2.75) is 33.2 Å². The Bertz CT molecular complexity index is 327. The number of aryl methyl sites for hydroxylation is 2. The Labute approximate surface area is 104 Å². The fraction of sp³-hybridized carbons (Fsp3) is 0.571. The molecule has 0 bridgehead atoms. The molecule has 3 heteroatoms. The number of rotatable bonds is 7. The van der Waals surface area contributed by atoms with Crippen LogP contribution in [0.5, 0.6) is 5.75 Å². The first-order chi connectivity index (χ1) is 8.19. The SMILES string of the molecule is CNCc1cc(C)c(OCCCCO)c(C)c1. The van der Waals surface area contributed by atoms with E-state index in [2.05, 4.69) is 31.3 Å². The second-order valence-electron chi connectivity index (χ2n) is 4.37. The van der Waals surface area contributed by atoms with Crippen molar-refractivity contribution in [1.82, 2.24) is 5.32 Å². The first kappa shape index (κ1) is 14.0. The van der Waals surface area contributed by atoms with Gasteiger partial charge in [-0.1, -0.05) is 12.1 Å². The first-order valence-electron chi connectivity index (χ1n) is 6.17. The van der Waals surface area contributed by atoms with Crippen LogP contribution in [0, 0.1) is 13.8 Å². The lowest BCUT2D eigenvalue weighted by Gasteiger charge is -2.14. The van der Waals surface area contributed by atoms with Crippen molar-refractivity contribution in [3.63, 3.8) is 0 Å². The molecule has 96 valence electrons. The average Bonchev–Trinajstić information content (AvgIpc) is 2.27. The molecule has 0 spiro atoms. The molecule has 3 nitrogen and oxygen atoms in total. The van der Waals surface area contributed by atoms with Gasteiger partial charge in [-0.2, -0.15) is 0 Å². The minimum Gasteiger partial charge on any atom is -0.493 e. The predicted octanol–water partition coefficient (Wildman–Crippen LogP) is 2.17. The van der Waals surface area contributed by atoms with E-state index in [9.17, 15) is 0 Å². The Morgan fingerprint density at radius 1 is 1.18 bits per heavy atom. The minimum atomic E-state index is 0.239. The molecule has 0 aliphatic heterocycles. The van der Waals surface area contributed by atoms with Crippen LogP contribution in [0.3, 0.4) is 0 Å². The van der Waals surface area contributed by atoms with Crippen LogP contribution in [-0.4, -0.2) is 25.4 Å². The Morgan fingerprint density at radius 2 is 1.82 bits per heavy atom. The third kappa shape index (κ3) is 4.36. The molecule has 1 aromatic rings. The number of aliphatic hydroxyl groups is 1. The number of ether oxygens (including phenoxy) is 1. The number of hydrogen-bond acceptors (Lipinski definition) is 3. The quantitative estimate of drug-likeness (QED) is 0.714. The number of unbranched alkanes of at least 4 members (excludes halogenated alkanes) is 1. The topological polar surface area (TPSA) is 41.5 Å². The van der Waals surface area contributed by atoms with Crippen LogP contribution in [0.2, 0.25) is 0 Å². The molecule has 1 aromatic carbocycles. The highest BCUT2D eigenvalue weighted by Crippen LogP contribution is 2.25. The molecule has 0 aliphatic rings. The van der Waals surface area contributed by atoms with Gasteiger partial charge in [0.25, 0.3) is 0 Å². The predicted molar refractivity (Wildman–Crippen MR) is 70.5 cm³/mol. The molecule has 2 N–H and O–H groups in total. The van der Waals surface area contributed by atoms with E-state index in [1.165, 1.54) is 16.7 Å². The van der Waals surface area contributed by atoms with Crippen LogP contribution in [-0.2, 0) is 6.54 Å². The lowest BCUT2D eigenvalue weighted by atomic mass is 10.1. The summed E-state index contributed by atoms with van der Waals surface area (Å²) in [6.07, 6.45) is 1.70. The van der Waals surface area contributed by atoms with E-state index in [-0.39, 0.29) is 6.61 Å².